The molecule has 0 rings (SSSR count). The molecule has 17 heavy (non-hydrogen) atoms. The maximum atomic E-state index is 3.35. The van der Waals surface area contributed by atoms with Crippen LogP contribution >= 0.6 is 11.8 Å². The van der Waals surface area contributed by atoms with Gasteiger partial charge in [0.05, 0.1) is 0 Å². The quantitative estimate of drug-likeness (QED) is 0.650. The van der Waals surface area contributed by atoms with Gasteiger partial charge in [0.25, 0.3) is 0 Å². The van der Waals surface area contributed by atoms with Crippen LogP contribution in [0.4, 0.5) is 0 Å². The lowest BCUT2D eigenvalue weighted by molar-refractivity contribution is 0.142. The average Bonchev–Trinajstić information content (AvgIpc) is 2.26. The molecule has 2 nitrogen and oxygen atoms in total. The third-order valence-corrected chi connectivity index (χ3v) is 4.22. The number of rotatable bonds is 10. The lowest BCUT2D eigenvalue weighted by atomic mass is 9.84. The first-order chi connectivity index (χ1) is 7.99. The highest BCUT2D eigenvalue weighted by Gasteiger charge is 2.25. The van der Waals surface area contributed by atoms with Crippen LogP contribution < -0.4 is 5.32 Å². The van der Waals surface area contributed by atoms with Gasteiger partial charge in [-0.05, 0) is 51.3 Å². The lowest BCUT2D eigenvalue weighted by Crippen LogP contribution is -2.43. The minimum Gasteiger partial charge on any atom is -0.319 e. The second-order valence-corrected chi connectivity index (χ2v) is 6.62. The monoisotopic (exact) mass is 260 g/mol. The van der Waals surface area contributed by atoms with Crippen molar-refractivity contribution in [2.75, 3.05) is 39.2 Å². The molecule has 0 amide bonds. The summed E-state index contributed by atoms with van der Waals surface area (Å²) in [7, 11) is 4.33. The van der Waals surface area contributed by atoms with E-state index in [2.05, 4.69) is 51.3 Å². The Hall–Kier alpha value is 0.270. The summed E-state index contributed by atoms with van der Waals surface area (Å²) in [6, 6.07) is 0.690. The fourth-order valence-corrected chi connectivity index (χ4v) is 3.10. The summed E-state index contributed by atoms with van der Waals surface area (Å²) in [6.07, 6.45) is 6.05. The maximum Gasteiger partial charge on any atom is 0.00719 e. The van der Waals surface area contributed by atoms with Crippen molar-refractivity contribution in [3.05, 3.63) is 0 Å². The summed E-state index contributed by atoms with van der Waals surface area (Å²) < 4.78 is 0. The van der Waals surface area contributed by atoms with Crippen LogP contribution in [0.1, 0.15) is 40.0 Å². The zero-order valence-electron chi connectivity index (χ0n) is 12.7. The molecule has 2 unspecified atom stereocenters. The molecule has 0 saturated carbocycles. The van der Waals surface area contributed by atoms with Crippen LogP contribution in [0, 0.1) is 5.41 Å². The molecule has 2 atom stereocenters. The molecule has 0 heterocycles. The van der Waals surface area contributed by atoms with Gasteiger partial charge in [-0.2, -0.15) is 11.8 Å². The van der Waals surface area contributed by atoms with Crippen molar-refractivity contribution in [1.29, 1.82) is 0 Å². The Bertz CT molecular complexity index is 179. The number of thioether (sulfide) groups is 1. The number of hydrogen-bond acceptors (Lipinski definition) is 3. The smallest absolute Gasteiger partial charge is 0.00719 e. The van der Waals surface area contributed by atoms with Gasteiger partial charge in [-0.1, -0.05) is 20.3 Å². The molecule has 0 aromatic carbocycles. The van der Waals surface area contributed by atoms with Crippen molar-refractivity contribution in [2.24, 2.45) is 5.41 Å². The Labute approximate surface area is 113 Å². The SMILES string of the molecule is CCCC(C)(CNC)CN(C)C(C)CCSC. The van der Waals surface area contributed by atoms with Crippen LogP contribution in [-0.2, 0) is 0 Å². The first kappa shape index (κ1) is 17.3. The number of hydrogen-bond donors (Lipinski definition) is 1. The van der Waals surface area contributed by atoms with E-state index in [1.807, 2.05) is 11.8 Å². The van der Waals surface area contributed by atoms with E-state index in [4.69, 9.17) is 0 Å². The van der Waals surface area contributed by atoms with E-state index in [0.717, 1.165) is 6.54 Å². The molecule has 0 aromatic heterocycles. The molecular weight excluding hydrogens is 228 g/mol. The summed E-state index contributed by atoms with van der Waals surface area (Å²) in [4.78, 5) is 2.53. The summed E-state index contributed by atoms with van der Waals surface area (Å²) >= 11 is 1.95. The average molecular weight is 260 g/mol. The van der Waals surface area contributed by atoms with Crippen LogP contribution in [0.15, 0.2) is 0 Å². The van der Waals surface area contributed by atoms with Crippen molar-refractivity contribution in [1.82, 2.24) is 10.2 Å². The van der Waals surface area contributed by atoms with E-state index < -0.39 is 0 Å². The van der Waals surface area contributed by atoms with E-state index in [0.29, 0.717) is 11.5 Å². The first-order valence-corrected chi connectivity index (χ1v) is 8.22. The highest BCUT2D eigenvalue weighted by Crippen LogP contribution is 2.24. The van der Waals surface area contributed by atoms with Crippen molar-refractivity contribution in [3.8, 4) is 0 Å². The van der Waals surface area contributed by atoms with Gasteiger partial charge in [-0.25, -0.2) is 0 Å². The second-order valence-electron chi connectivity index (χ2n) is 5.64. The maximum absolute atomic E-state index is 3.35. The Kier molecular flexibility index (Phi) is 9.38. The van der Waals surface area contributed by atoms with Crippen molar-refractivity contribution >= 4 is 11.8 Å². The van der Waals surface area contributed by atoms with E-state index in [9.17, 15) is 0 Å². The highest BCUT2D eigenvalue weighted by atomic mass is 32.2. The Morgan fingerprint density at radius 3 is 2.53 bits per heavy atom. The molecule has 104 valence electrons. The van der Waals surface area contributed by atoms with Gasteiger partial charge >= 0.3 is 0 Å². The molecule has 0 spiro atoms. The second kappa shape index (κ2) is 9.23. The van der Waals surface area contributed by atoms with E-state index >= 15 is 0 Å². The molecule has 0 aliphatic carbocycles. The van der Waals surface area contributed by atoms with E-state index in [-0.39, 0.29) is 0 Å². The molecule has 0 aliphatic rings. The summed E-state index contributed by atoms with van der Waals surface area (Å²) in [6.45, 7) is 9.34. The zero-order chi connectivity index (χ0) is 13.3. The Balaban J connectivity index is 4.23. The van der Waals surface area contributed by atoms with Gasteiger partial charge in [0.2, 0.25) is 0 Å². The van der Waals surface area contributed by atoms with Crippen molar-refractivity contribution in [2.45, 2.75) is 46.1 Å². The normalized spacial score (nSPS) is 17.1. The topological polar surface area (TPSA) is 15.3 Å². The Morgan fingerprint density at radius 1 is 1.41 bits per heavy atom. The van der Waals surface area contributed by atoms with Crippen molar-refractivity contribution < 1.29 is 0 Å². The van der Waals surface area contributed by atoms with Gasteiger partial charge in [0.1, 0.15) is 0 Å². The van der Waals surface area contributed by atoms with Crippen LogP contribution in [0.2, 0.25) is 0 Å². The third-order valence-electron chi connectivity index (χ3n) is 3.58. The predicted octanol–water partition coefficient (Wildman–Crippen LogP) is 3.09. The van der Waals surface area contributed by atoms with Crippen LogP contribution in [-0.4, -0.2) is 50.1 Å². The van der Waals surface area contributed by atoms with Crippen LogP contribution in [0.5, 0.6) is 0 Å². The van der Waals surface area contributed by atoms with Gasteiger partial charge in [0.15, 0.2) is 0 Å². The molecule has 0 aliphatic heterocycles. The zero-order valence-corrected chi connectivity index (χ0v) is 13.5. The number of nitrogens with one attached hydrogen (secondary N) is 1. The molecule has 0 saturated heterocycles. The Morgan fingerprint density at radius 2 is 2.06 bits per heavy atom. The van der Waals surface area contributed by atoms with Crippen molar-refractivity contribution in [3.63, 3.8) is 0 Å². The van der Waals surface area contributed by atoms with Crippen LogP contribution in [0.3, 0.4) is 0 Å². The first-order valence-electron chi connectivity index (χ1n) is 6.83. The molecule has 0 radical (unpaired) electrons. The fourth-order valence-electron chi connectivity index (χ4n) is 2.52. The standard InChI is InChI=1S/C14H32N2S/c1-7-9-14(3,11-15-4)12-16(5)13(2)8-10-17-6/h13,15H,7-12H2,1-6H3. The van der Waals surface area contributed by atoms with E-state index in [1.165, 1.54) is 31.6 Å². The van der Waals surface area contributed by atoms with E-state index in [1.54, 1.807) is 0 Å². The summed E-state index contributed by atoms with van der Waals surface area (Å²) in [5.41, 5.74) is 0.409. The van der Waals surface area contributed by atoms with Gasteiger partial charge in [0, 0.05) is 19.1 Å². The third kappa shape index (κ3) is 7.32. The molecule has 1 N–H and O–H groups in total. The molecular formula is C14H32N2S. The summed E-state index contributed by atoms with van der Waals surface area (Å²) in [5.74, 6) is 1.27. The largest absolute Gasteiger partial charge is 0.319 e. The molecule has 0 bridgehead atoms. The minimum atomic E-state index is 0.409. The van der Waals surface area contributed by atoms with Crippen LogP contribution in [0.25, 0.3) is 0 Å². The van der Waals surface area contributed by atoms with Gasteiger partial charge < -0.3 is 10.2 Å². The summed E-state index contributed by atoms with van der Waals surface area (Å²) in [5, 5.41) is 3.35. The predicted molar refractivity (Wildman–Crippen MR) is 82.0 cm³/mol. The highest BCUT2D eigenvalue weighted by molar-refractivity contribution is 7.98. The van der Waals surface area contributed by atoms with Gasteiger partial charge in [-0.15, -0.1) is 0 Å². The lowest BCUT2D eigenvalue weighted by Gasteiger charge is -2.36. The van der Waals surface area contributed by atoms with Gasteiger partial charge in [-0.3, -0.25) is 0 Å². The molecule has 0 fully saturated rings. The molecule has 0 aromatic rings. The fraction of sp³-hybridized carbons (Fsp3) is 1.00. The minimum absolute atomic E-state index is 0.409. The molecule has 3 heteroatoms. The number of nitrogens with zero attached hydrogens (tertiary/aromatic N) is 1.